The molecule has 3 heteroatoms. The standard InChI is InChI=1S/C13H24O3/c1(3-7-14-9-12-5-6-12)2-4-8-15-10-13-11-16-13/h12-13H,1-11H2. The predicted molar refractivity (Wildman–Crippen MR) is 62.6 cm³/mol. The van der Waals surface area contributed by atoms with Gasteiger partial charge < -0.3 is 14.2 Å². The smallest absolute Gasteiger partial charge is 0.104 e. The van der Waals surface area contributed by atoms with Crippen LogP contribution in [0.4, 0.5) is 0 Å². The molecule has 16 heavy (non-hydrogen) atoms. The largest absolute Gasteiger partial charge is 0.381 e. The molecule has 0 N–H and O–H groups in total. The van der Waals surface area contributed by atoms with Crippen LogP contribution >= 0.6 is 0 Å². The fourth-order valence-corrected chi connectivity index (χ4v) is 1.68. The van der Waals surface area contributed by atoms with Gasteiger partial charge in [0, 0.05) is 19.8 Å². The summed E-state index contributed by atoms with van der Waals surface area (Å²) < 4.78 is 16.1. The molecule has 1 heterocycles. The Kier molecular flexibility index (Phi) is 5.59. The number of hydrogen-bond donors (Lipinski definition) is 0. The van der Waals surface area contributed by atoms with Gasteiger partial charge in [-0.25, -0.2) is 0 Å². The van der Waals surface area contributed by atoms with Gasteiger partial charge in [-0.2, -0.15) is 0 Å². The van der Waals surface area contributed by atoms with Crippen molar-refractivity contribution in [2.45, 2.75) is 44.6 Å². The van der Waals surface area contributed by atoms with Crippen molar-refractivity contribution in [3.8, 4) is 0 Å². The SMILES string of the molecule is C(CCCOCC1CO1)CCOCC1CC1. The van der Waals surface area contributed by atoms with Crippen LogP contribution in [0, 0.1) is 5.92 Å². The van der Waals surface area contributed by atoms with Crippen molar-refractivity contribution in [2.24, 2.45) is 5.92 Å². The molecule has 0 bridgehead atoms. The van der Waals surface area contributed by atoms with Crippen molar-refractivity contribution in [1.29, 1.82) is 0 Å². The van der Waals surface area contributed by atoms with Crippen molar-refractivity contribution in [3.05, 3.63) is 0 Å². The molecular formula is C13H24O3. The second kappa shape index (κ2) is 7.25. The lowest BCUT2D eigenvalue weighted by molar-refractivity contribution is 0.108. The van der Waals surface area contributed by atoms with Crippen LogP contribution < -0.4 is 0 Å². The van der Waals surface area contributed by atoms with Gasteiger partial charge in [0.05, 0.1) is 13.2 Å². The highest BCUT2D eigenvalue weighted by molar-refractivity contribution is 4.71. The lowest BCUT2D eigenvalue weighted by atomic mass is 10.2. The molecule has 2 aliphatic rings. The molecule has 0 aromatic rings. The highest BCUT2D eigenvalue weighted by Gasteiger charge is 2.22. The van der Waals surface area contributed by atoms with Crippen molar-refractivity contribution in [1.82, 2.24) is 0 Å². The van der Waals surface area contributed by atoms with Gasteiger partial charge in [0.15, 0.2) is 0 Å². The summed E-state index contributed by atoms with van der Waals surface area (Å²) >= 11 is 0. The Morgan fingerprint density at radius 1 is 0.875 bits per heavy atom. The normalized spacial score (nSPS) is 23.6. The van der Waals surface area contributed by atoms with E-state index in [0.29, 0.717) is 6.10 Å². The summed E-state index contributed by atoms with van der Waals surface area (Å²) in [5.74, 6) is 0.901. The molecule has 2 fully saturated rings. The monoisotopic (exact) mass is 228 g/mol. The maximum atomic E-state index is 5.58. The van der Waals surface area contributed by atoms with E-state index >= 15 is 0 Å². The van der Waals surface area contributed by atoms with Gasteiger partial charge >= 0.3 is 0 Å². The number of unbranched alkanes of at least 4 members (excludes halogenated alkanes) is 3. The van der Waals surface area contributed by atoms with Crippen molar-refractivity contribution < 1.29 is 14.2 Å². The molecule has 94 valence electrons. The lowest BCUT2D eigenvalue weighted by Gasteiger charge is -2.04. The molecule has 0 amide bonds. The van der Waals surface area contributed by atoms with Crippen LogP contribution in [0.5, 0.6) is 0 Å². The summed E-state index contributed by atoms with van der Waals surface area (Å²) in [7, 11) is 0. The van der Waals surface area contributed by atoms with Gasteiger partial charge in [-0.3, -0.25) is 0 Å². The molecule has 0 radical (unpaired) electrons. The predicted octanol–water partition coefficient (Wildman–Crippen LogP) is 2.39. The first-order valence-corrected chi connectivity index (χ1v) is 6.72. The maximum absolute atomic E-state index is 5.58. The van der Waals surface area contributed by atoms with Gasteiger partial charge in [0.1, 0.15) is 6.10 Å². The van der Waals surface area contributed by atoms with Gasteiger partial charge in [-0.15, -0.1) is 0 Å². The van der Waals surface area contributed by atoms with E-state index in [2.05, 4.69) is 0 Å². The Morgan fingerprint density at radius 3 is 2.06 bits per heavy atom. The molecule has 2 rings (SSSR count). The van der Waals surface area contributed by atoms with Gasteiger partial charge in [-0.1, -0.05) is 12.8 Å². The summed E-state index contributed by atoms with van der Waals surface area (Å²) in [4.78, 5) is 0. The van der Waals surface area contributed by atoms with Crippen LogP contribution in [0.25, 0.3) is 0 Å². The quantitative estimate of drug-likeness (QED) is 0.402. The van der Waals surface area contributed by atoms with E-state index in [-0.39, 0.29) is 0 Å². The topological polar surface area (TPSA) is 31.0 Å². The van der Waals surface area contributed by atoms with Crippen LogP contribution in [0.1, 0.15) is 38.5 Å². The first kappa shape index (κ1) is 12.3. The Bertz CT molecular complexity index is 156. The highest BCUT2D eigenvalue weighted by Crippen LogP contribution is 2.28. The summed E-state index contributed by atoms with van der Waals surface area (Å²) in [6, 6.07) is 0. The fourth-order valence-electron chi connectivity index (χ4n) is 1.68. The Hall–Kier alpha value is -0.120. The van der Waals surface area contributed by atoms with E-state index in [4.69, 9.17) is 14.2 Å². The molecule has 3 nitrogen and oxygen atoms in total. The third-order valence-electron chi connectivity index (χ3n) is 3.08. The molecule has 1 atom stereocenters. The molecular weight excluding hydrogens is 204 g/mol. The molecule has 0 aromatic carbocycles. The third kappa shape index (κ3) is 6.46. The van der Waals surface area contributed by atoms with Crippen LogP contribution in [0.3, 0.4) is 0 Å². The van der Waals surface area contributed by atoms with Crippen LogP contribution in [0.15, 0.2) is 0 Å². The van der Waals surface area contributed by atoms with Gasteiger partial charge in [-0.05, 0) is 31.6 Å². The van der Waals surface area contributed by atoms with E-state index in [9.17, 15) is 0 Å². The van der Waals surface area contributed by atoms with Gasteiger partial charge in [0.25, 0.3) is 0 Å². The number of epoxide rings is 1. The van der Waals surface area contributed by atoms with E-state index in [1.165, 1.54) is 38.5 Å². The average Bonchev–Trinajstić information content (AvgIpc) is 3.14. The zero-order chi connectivity index (χ0) is 11.1. The van der Waals surface area contributed by atoms with Crippen LogP contribution in [-0.2, 0) is 14.2 Å². The minimum atomic E-state index is 0.413. The summed E-state index contributed by atoms with van der Waals surface area (Å²) in [6.07, 6.45) is 8.11. The van der Waals surface area contributed by atoms with E-state index in [1.54, 1.807) is 0 Å². The van der Waals surface area contributed by atoms with E-state index in [1.807, 2.05) is 0 Å². The molecule has 0 aromatic heterocycles. The van der Waals surface area contributed by atoms with Crippen molar-refractivity contribution in [3.63, 3.8) is 0 Å². The zero-order valence-corrected chi connectivity index (χ0v) is 10.2. The Balaban J connectivity index is 1.22. The fraction of sp³-hybridized carbons (Fsp3) is 1.00. The van der Waals surface area contributed by atoms with Crippen LogP contribution in [0.2, 0.25) is 0 Å². The minimum absolute atomic E-state index is 0.413. The molecule has 1 unspecified atom stereocenters. The first-order valence-electron chi connectivity index (χ1n) is 6.72. The molecule has 1 aliphatic heterocycles. The highest BCUT2D eigenvalue weighted by atomic mass is 16.6. The second-order valence-corrected chi connectivity index (χ2v) is 4.96. The van der Waals surface area contributed by atoms with Crippen molar-refractivity contribution >= 4 is 0 Å². The molecule has 1 saturated heterocycles. The Labute approximate surface area is 98.4 Å². The average molecular weight is 228 g/mol. The van der Waals surface area contributed by atoms with Crippen molar-refractivity contribution in [2.75, 3.05) is 33.0 Å². The Morgan fingerprint density at radius 2 is 1.50 bits per heavy atom. The number of rotatable bonds is 11. The van der Waals surface area contributed by atoms with Crippen LogP contribution in [-0.4, -0.2) is 39.1 Å². The lowest BCUT2D eigenvalue weighted by Crippen LogP contribution is -2.03. The molecule has 1 aliphatic carbocycles. The van der Waals surface area contributed by atoms with E-state index in [0.717, 1.165) is 39.0 Å². The summed E-state index contributed by atoms with van der Waals surface area (Å²) in [5, 5.41) is 0. The zero-order valence-electron chi connectivity index (χ0n) is 10.2. The second-order valence-electron chi connectivity index (χ2n) is 4.96. The summed E-state index contributed by atoms with van der Waals surface area (Å²) in [6.45, 7) is 4.55. The third-order valence-corrected chi connectivity index (χ3v) is 3.08. The first-order chi connectivity index (χ1) is 7.95. The molecule has 1 saturated carbocycles. The minimum Gasteiger partial charge on any atom is -0.381 e. The maximum Gasteiger partial charge on any atom is 0.104 e. The van der Waals surface area contributed by atoms with Gasteiger partial charge in [0.2, 0.25) is 0 Å². The number of ether oxygens (including phenoxy) is 3. The number of hydrogen-bond acceptors (Lipinski definition) is 3. The van der Waals surface area contributed by atoms with E-state index < -0.39 is 0 Å². The molecule has 0 spiro atoms. The summed E-state index contributed by atoms with van der Waals surface area (Å²) in [5.41, 5.74) is 0.